The number of anilines is 1. The Morgan fingerprint density at radius 3 is 2.57 bits per heavy atom. The van der Waals surface area contributed by atoms with Crippen LogP contribution in [0.5, 0.6) is 0 Å². The van der Waals surface area contributed by atoms with Gasteiger partial charge in [-0.1, -0.05) is 12.1 Å². The minimum Gasteiger partial charge on any atom is -0.355 e. The van der Waals surface area contributed by atoms with Gasteiger partial charge < -0.3 is 15.2 Å². The predicted molar refractivity (Wildman–Crippen MR) is 98.8 cm³/mol. The Morgan fingerprint density at radius 1 is 1.09 bits per heavy atom. The second-order valence-corrected chi connectivity index (χ2v) is 6.01. The van der Waals surface area contributed by atoms with E-state index in [0.29, 0.717) is 5.11 Å². The maximum Gasteiger partial charge on any atom is 0.172 e. The summed E-state index contributed by atoms with van der Waals surface area (Å²) < 4.78 is 0. The first-order valence-corrected chi connectivity index (χ1v) is 7.69. The molecular formula is C17H15N5S. The van der Waals surface area contributed by atoms with Gasteiger partial charge in [0.2, 0.25) is 0 Å². The zero-order valence-electron chi connectivity index (χ0n) is 12.8. The summed E-state index contributed by atoms with van der Waals surface area (Å²) >= 11 is 5.30. The average Bonchev–Trinajstić information content (AvgIpc) is 2.89. The van der Waals surface area contributed by atoms with Gasteiger partial charge in [-0.3, -0.25) is 0 Å². The smallest absolute Gasteiger partial charge is 0.172 e. The number of aromatic nitrogens is 3. The fourth-order valence-corrected chi connectivity index (χ4v) is 2.68. The van der Waals surface area contributed by atoms with Crippen molar-refractivity contribution in [3.63, 3.8) is 0 Å². The molecule has 114 valence electrons. The van der Waals surface area contributed by atoms with E-state index in [1.807, 2.05) is 61.5 Å². The van der Waals surface area contributed by atoms with Crippen LogP contribution in [0.1, 0.15) is 0 Å². The van der Waals surface area contributed by atoms with E-state index in [1.54, 1.807) is 0 Å². The highest BCUT2D eigenvalue weighted by Gasteiger charge is 2.10. The van der Waals surface area contributed by atoms with Crippen molar-refractivity contribution in [2.24, 2.45) is 0 Å². The number of para-hydroxylation sites is 2. The van der Waals surface area contributed by atoms with Crippen LogP contribution < -0.4 is 5.32 Å². The molecule has 0 unspecified atom stereocenters. The number of rotatable bonds is 1. The first-order valence-electron chi connectivity index (χ1n) is 7.28. The predicted octanol–water partition coefficient (Wildman–Crippen LogP) is 3.52. The third-order valence-corrected chi connectivity index (χ3v) is 4.22. The number of thiocarbonyl (C=S) groups is 1. The number of aromatic amines is 1. The fraction of sp³-hybridized carbons (Fsp3) is 0.118. The molecular weight excluding hydrogens is 306 g/mol. The summed E-state index contributed by atoms with van der Waals surface area (Å²) in [6, 6.07) is 13.9. The summed E-state index contributed by atoms with van der Waals surface area (Å²) in [6.45, 7) is 0. The van der Waals surface area contributed by atoms with Gasteiger partial charge in [-0.2, -0.15) is 0 Å². The quantitative estimate of drug-likeness (QED) is 0.525. The van der Waals surface area contributed by atoms with E-state index in [1.165, 1.54) is 0 Å². The van der Waals surface area contributed by atoms with Gasteiger partial charge in [0.25, 0.3) is 0 Å². The monoisotopic (exact) mass is 321 g/mol. The van der Waals surface area contributed by atoms with Crippen molar-refractivity contribution in [2.75, 3.05) is 19.4 Å². The van der Waals surface area contributed by atoms with Crippen LogP contribution in [0.2, 0.25) is 0 Å². The molecule has 2 aromatic heterocycles. The van der Waals surface area contributed by atoms with Crippen LogP contribution in [-0.2, 0) is 0 Å². The number of H-pyrrole nitrogens is 1. The molecule has 2 heterocycles. The van der Waals surface area contributed by atoms with Crippen LogP contribution in [0.3, 0.4) is 0 Å². The fourth-order valence-electron chi connectivity index (χ4n) is 2.56. The maximum absolute atomic E-state index is 5.30. The lowest BCUT2D eigenvalue weighted by Gasteiger charge is -2.15. The molecule has 4 aromatic rings. The van der Waals surface area contributed by atoms with E-state index in [-0.39, 0.29) is 0 Å². The molecule has 0 aliphatic heterocycles. The Bertz CT molecular complexity index is 1050. The van der Waals surface area contributed by atoms with E-state index in [0.717, 1.165) is 38.8 Å². The second-order valence-electron chi connectivity index (χ2n) is 5.62. The molecule has 0 saturated heterocycles. The third kappa shape index (κ3) is 2.37. The molecule has 23 heavy (non-hydrogen) atoms. The zero-order valence-corrected chi connectivity index (χ0v) is 13.6. The van der Waals surface area contributed by atoms with Crippen LogP contribution in [0.25, 0.3) is 33.1 Å². The largest absolute Gasteiger partial charge is 0.355 e. The SMILES string of the molecule is CN(C)C(=S)Nc1ccc2[nH]c3nc4ccccc4nc3c2c1. The summed E-state index contributed by atoms with van der Waals surface area (Å²) in [5, 5.41) is 4.92. The molecule has 2 N–H and O–H groups in total. The molecule has 2 aromatic carbocycles. The Kier molecular flexibility index (Phi) is 3.12. The molecule has 4 rings (SSSR count). The zero-order chi connectivity index (χ0) is 16.0. The van der Waals surface area contributed by atoms with Gasteiger partial charge >= 0.3 is 0 Å². The van der Waals surface area contributed by atoms with Crippen LogP contribution in [0, 0.1) is 0 Å². The van der Waals surface area contributed by atoms with Crippen molar-refractivity contribution < 1.29 is 0 Å². The van der Waals surface area contributed by atoms with Gasteiger partial charge in [0.05, 0.1) is 11.0 Å². The van der Waals surface area contributed by atoms with Crippen molar-refractivity contribution in [3.8, 4) is 0 Å². The van der Waals surface area contributed by atoms with Crippen molar-refractivity contribution in [1.29, 1.82) is 0 Å². The van der Waals surface area contributed by atoms with Gasteiger partial charge in [-0.15, -0.1) is 0 Å². The molecule has 0 saturated carbocycles. The summed E-state index contributed by atoms with van der Waals surface area (Å²) in [7, 11) is 3.83. The lowest BCUT2D eigenvalue weighted by Crippen LogP contribution is -2.26. The normalized spacial score (nSPS) is 11.2. The Hall–Kier alpha value is -2.73. The maximum atomic E-state index is 5.30. The minimum atomic E-state index is 0.667. The average molecular weight is 321 g/mol. The van der Waals surface area contributed by atoms with E-state index in [9.17, 15) is 0 Å². The molecule has 0 aliphatic carbocycles. The van der Waals surface area contributed by atoms with E-state index < -0.39 is 0 Å². The van der Waals surface area contributed by atoms with Crippen molar-refractivity contribution >= 4 is 56.1 Å². The summed E-state index contributed by atoms with van der Waals surface area (Å²) in [4.78, 5) is 14.6. The van der Waals surface area contributed by atoms with E-state index in [2.05, 4.69) is 15.3 Å². The molecule has 0 amide bonds. The molecule has 6 heteroatoms. The molecule has 0 bridgehead atoms. The number of nitrogens with zero attached hydrogens (tertiary/aromatic N) is 3. The van der Waals surface area contributed by atoms with Gasteiger partial charge in [0, 0.05) is 30.7 Å². The Morgan fingerprint density at radius 2 is 1.83 bits per heavy atom. The first kappa shape index (κ1) is 13.9. The number of fused-ring (bicyclic) bond motifs is 4. The van der Waals surface area contributed by atoms with Crippen molar-refractivity contribution in [3.05, 3.63) is 42.5 Å². The second kappa shape index (κ2) is 5.17. The first-order chi connectivity index (χ1) is 11.1. The molecule has 0 aliphatic rings. The minimum absolute atomic E-state index is 0.667. The van der Waals surface area contributed by atoms with Crippen molar-refractivity contribution in [1.82, 2.24) is 19.9 Å². The van der Waals surface area contributed by atoms with E-state index >= 15 is 0 Å². The highest BCUT2D eigenvalue weighted by molar-refractivity contribution is 7.80. The standard InChI is InChI=1S/C17H15N5S/c1-22(2)17(23)18-10-7-8-12-11(9-10)15-16(20-12)21-14-6-4-3-5-13(14)19-15/h3-9H,1-2H3,(H,18,23)(H,20,21). The molecule has 0 fully saturated rings. The van der Waals surface area contributed by atoms with Crippen LogP contribution >= 0.6 is 12.2 Å². The van der Waals surface area contributed by atoms with Crippen molar-refractivity contribution in [2.45, 2.75) is 0 Å². The van der Waals surface area contributed by atoms with Crippen LogP contribution in [0.15, 0.2) is 42.5 Å². The summed E-state index contributed by atoms with van der Waals surface area (Å²) in [5.41, 5.74) is 5.40. The Labute approximate surface area is 138 Å². The van der Waals surface area contributed by atoms with Gasteiger partial charge in [0.15, 0.2) is 10.8 Å². The van der Waals surface area contributed by atoms with Crippen LogP contribution in [-0.4, -0.2) is 39.1 Å². The summed E-state index contributed by atoms with van der Waals surface area (Å²) in [6.07, 6.45) is 0. The molecule has 0 atom stereocenters. The van der Waals surface area contributed by atoms with Gasteiger partial charge in [-0.05, 0) is 42.5 Å². The third-order valence-electron chi connectivity index (χ3n) is 3.76. The van der Waals surface area contributed by atoms with Gasteiger partial charge in [-0.25, -0.2) is 9.97 Å². The molecule has 0 spiro atoms. The molecule has 0 radical (unpaired) electrons. The topological polar surface area (TPSA) is 56.8 Å². The summed E-state index contributed by atoms with van der Waals surface area (Å²) in [5.74, 6) is 0. The highest BCUT2D eigenvalue weighted by Crippen LogP contribution is 2.27. The van der Waals surface area contributed by atoms with Gasteiger partial charge in [0.1, 0.15) is 5.52 Å². The highest BCUT2D eigenvalue weighted by atomic mass is 32.1. The molecule has 5 nitrogen and oxygen atoms in total. The van der Waals surface area contributed by atoms with E-state index in [4.69, 9.17) is 17.2 Å². The number of hydrogen-bond acceptors (Lipinski definition) is 3. The number of nitrogens with one attached hydrogen (secondary N) is 2. The lowest BCUT2D eigenvalue weighted by atomic mass is 10.2. The number of hydrogen-bond donors (Lipinski definition) is 2. The number of benzene rings is 2. The lowest BCUT2D eigenvalue weighted by molar-refractivity contribution is 0.634. The van der Waals surface area contributed by atoms with Crippen LogP contribution in [0.4, 0.5) is 5.69 Å². The Balaban J connectivity index is 1.90.